The van der Waals surface area contributed by atoms with Crippen LogP contribution in [0.15, 0.2) is 30.6 Å². The van der Waals surface area contributed by atoms with Crippen molar-refractivity contribution in [1.29, 1.82) is 5.26 Å². The van der Waals surface area contributed by atoms with Gasteiger partial charge in [0.1, 0.15) is 11.3 Å². The van der Waals surface area contributed by atoms with E-state index in [9.17, 15) is 0 Å². The Hall–Kier alpha value is -2.26. The van der Waals surface area contributed by atoms with Crippen molar-refractivity contribution in [3.63, 3.8) is 0 Å². The Kier molecular flexibility index (Phi) is 1.91. The summed E-state index contributed by atoms with van der Waals surface area (Å²) in [5.41, 5.74) is 1.63. The van der Waals surface area contributed by atoms with Crippen LogP contribution in [0, 0.1) is 11.3 Å². The summed E-state index contributed by atoms with van der Waals surface area (Å²) in [6.07, 6.45) is 1.57. The van der Waals surface area contributed by atoms with Crippen LogP contribution in [0.5, 0.6) is 0 Å². The molecule has 6 heteroatoms. The van der Waals surface area contributed by atoms with Crippen LogP contribution in [0.1, 0.15) is 5.56 Å². The molecular weight excluding hydrogens is 222 g/mol. The molecule has 0 atom stereocenters. The van der Waals surface area contributed by atoms with E-state index in [0.717, 1.165) is 15.5 Å². The zero-order chi connectivity index (χ0) is 11.0. The van der Waals surface area contributed by atoms with Crippen molar-refractivity contribution in [2.24, 2.45) is 0 Å². The molecule has 3 rings (SSSR count). The first kappa shape index (κ1) is 9.00. The van der Waals surface area contributed by atoms with Gasteiger partial charge in [-0.3, -0.25) is 0 Å². The summed E-state index contributed by atoms with van der Waals surface area (Å²) >= 11 is 1.47. The number of nitriles is 1. The smallest absolute Gasteiger partial charge is 0.192 e. The van der Waals surface area contributed by atoms with Gasteiger partial charge in [-0.05, 0) is 12.1 Å². The largest absolute Gasteiger partial charge is 0.234 e. The fourth-order valence-corrected chi connectivity index (χ4v) is 2.19. The van der Waals surface area contributed by atoms with Gasteiger partial charge in [-0.25, -0.2) is 0 Å². The Balaban J connectivity index is 2.09. The quantitative estimate of drug-likeness (QED) is 0.635. The third kappa shape index (κ3) is 1.34. The van der Waals surface area contributed by atoms with Gasteiger partial charge in [0.25, 0.3) is 0 Å². The average molecular weight is 227 g/mol. The summed E-state index contributed by atoms with van der Waals surface area (Å²) in [6, 6.07) is 9.39. The van der Waals surface area contributed by atoms with E-state index in [4.69, 9.17) is 5.26 Å². The van der Waals surface area contributed by atoms with E-state index in [1.807, 2.05) is 12.1 Å². The van der Waals surface area contributed by atoms with Gasteiger partial charge in [-0.2, -0.15) is 14.9 Å². The monoisotopic (exact) mass is 227 g/mol. The lowest BCUT2D eigenvalue weighted by Crippen LogP contribution is -1.82. The van der Waals surface area contributed by atoms with Gasteiger partial charge in [-0.15, -0.1) is 10.2 Å². The van der Waals surface area contributed by atoms with Crippen LogP contribution in [-0.4, -0.2) is 19.8 Å². The Labute approximate surface area is 94.6 Å². The predicted molar refractivity (Wildman–Crippen MR) is 58.8 cm³/mol. The van der Waals surface area contributed by atoms with Gasteiger partial charge >= 0.3 is 0 Å². The van der Waals surface area contributed by atoms with Gasteiger partial charge < -0.3 is 0 Å². The second kappa shape index (κ2) is 3.40. The first-order valence-corrected chi connectivity index (χ1v) is 5.36. The maximum Gasteiger partial charge on any atom is 0.234 e. The molecule has 0 aliphatic heterocycles. The number of rotatable bonds is 1. The van der Waals surface area contributed by atoms with Gasteiger partial charge in [0.15, 0.2) is 0 Å². The Morgan fingerprint density at radius 3 is 2.75 bits per heavy atom. The van der Waals surface area contributed by atoms with E-state index in [2.05, 4.69) is 21.4 Å². The summed E-state index contributed by atoms with van der Waals surface area (Å²) in [6.45, 7) is 0. The summed E-state index contributed by atoms with van der Waals surface area (Å²) in [4.78, 5) is 0.763. The highest BCUT2D eigenvalue weighted by Crippen LogP contribution is 2.24. The fourth-order valence-electron chi connectivity index (χ4n) is 1.36. The molecule has 2 aromatic heterocycles. The molecule has 1 aromatic carbocycles. The summed E-state index contributed by atoms with van der Waals surface area (Å²) in [5.74, 6) is 0. The maximum atomic E-state index is 8.69. The summed E-state index contributed by atoms with van der Waals surface area (Å²) in [5, 5.41) is 21.5. The van der Waals surface area contributed by atoms with Crippen molar-refractivity contribution in [2.75, 3.05) is 0 Å². The van der Waals surface area contributed by atoms with Crippen LogP contribution >= 0.6 is 11.3 Å². The van der Waals surface area contributed by atoms with Crippen molar-refractivity contribution in [3.05, 3.63) is 36.2 Å². The standard InChI is InChI=1S/C10H5N5S/c11-5-7-1-3-8(4-2-7)9-14-15-6-12-13-10(15)16-9/h1-4,6H. The predicted octanol–water partition coefficient (Wildman–Crippen LogP) is 1.72. The molecular formula is C10H5N5S. The lowest BCUT2D eigenvalue weighted by molar-refractivity contribution is 0.960. The van der Waals surface area contributed by atoms with Gasteiger partial charge in [-0.1, -0.05) is 23.5 Å². The molecule has 0 aliphatic rings. The number of fused-ring (bicyclic) bond motifs is 1. The third-order valence-corrected chi connectivity index (χ3v) is 3.11. The SMILES string of the molecule is N#Cc1ccc(-c2nn3cnnc3s2)cc1. The fraction of sp³-hybridized carbons (Fsp3) is 0. The van der Waals surface area contributed by atoms with E-state index >= 15 is 0 Å². The lowest BCUT2D eigenvalue weighted by Gasteiger charge is -1.93. The molecule has 16 heavy (non-hydrogen) atoms. The molecule has 76 valence electrons. The highest BCUT2D eigenvalue weighted by atomic mass is 32.1. The zero-order valence-electron chi connectivity index (χ0n) is 8.03. The van der Waals surface area contributed by atoms with Gasteiger partial charge in [0, 0.05) is 5.56 Å². The summed E-state index contributed by atoms with van der Waals surface area (Å²) in [7, 11) is 0. The minimum absolute atomic E-state index is 0.645. The van der Waals surface area contributed by atoms with E-state index in [0.29, 0.717) is 5.56 Å². The third-order valence-electron chi connectivity index (χ3n) is 2.15. The minimum atomic E-state index is 0.645. The van der Waals surface area contributed by atoms with Crippen LogP contribution in [0.3, 0.4) is 0 Å². The lowest BCUT2D eigenvalue weighted by atomic mass is 10.2. The van der Waals surface area contributed by atoms with Crippen LogP contribution in [0.4, 0.5) is 0 Å². The van der Waals surface area contributed by atoms with Gasteiger partial charge in [0.05, 0.1) is 11.6 Å². The van der Waals surface area contributed by atoms with Crippen molar-refractivity contribution in [3.8, 4) is 16.6 Å². The molecule has 0 saturated carbocycles. The molecule has 0 radical (unpaired) electrons. The van der Waals surface area contributed by atoms with Crippen molar-refractivity contribution in [1.82, 2.24) is 19.8 Å². The Morgan fingerprint density at radius 2 is 2.06 bits per heavy atom. The highest BCUT2D eigenvalue weighted by molar-refractivity contribution is 7.19. The first-order chi connectivity index (χ1) is 7.86. The molecule has 0 bridgehead atoms. The number of hydrogen-bond acceptors (Lipinski definition) is 5. The zero-order valence-corrected chi connectivity index (χ0v) is 8.85. The Bertz CT molecular complexity index is 645. The molecule has 3 aromatic rings. The molecule has 0 aliphatic carbocycles. The molecule has 0 amide bonds. The number of benzene rings is 1. The molecule has 0 N–H and O–H groups in total. The minimum Gasteiger partial charge on any atom is -0.192 e. The normalized spacial score (nSPS) is 10.4. The molecule has 0 saturated heterocycles. The van der Waals surface area contributed by atoms with Crippen molar-refractivity contribution in [2.45, 2.75) is 0 Å². The topological polar surface area (TPSA) is 66.9 Å². The van der Waals surface area contributed by atoms with E-state index < -0.39 is 0 Å². The van der Waals surface area contributed by atoms with Crippen LogP contribution in [0.25, 0.3) is 15.5 Å². The second-order valence-electron chi connectivity index (χ2n) is 3.15. The number of aromatic nitrogens is 4. The van der Waals surface area contributed by atoms with Crippen LogP contribution in [0.2, 0.25) is 0 Å². The number of hydrogen-bond donors (Lipinski definition) is 0. The van der Waals surface area contributed by atoms with Crippen molar-refractivity contribution < 1.29 is 0 Å². The Morgan fingerprint density at radius 1 is 1.25 bits per heavy atom. The maximum absolute atomic E-state index is 8.69. The number of nitrogens with zero attached hydrogens (tertiary/aromatic N) is 5. The molecule has 0 spiro atoms. The molecule has 0 fully saturated rings. The van der Waals surface area contributed by atoms with E-state index in [1.165, 1.54) is 11.3 Å². The molecule has 0 unspecified atom stereocenters. The van der Waals surface area contributed by atoms with Crippen molar-refractivity contribution >= 4 is 16.3 Å². The van der Waals surface area contributed by atoms with E-state index in [-0.39, 0.29) is 0 Å². The van der Waals surface area contributed by atoms with Gasteiger partial charge in [0.2, 0.25) is 4.96 Å². The molecule has 2 heterocycles. The van der Waals surface area contributed by atoms with Crippen LogP contribution in [-0.2, 0) is 0 Å². The summed E-state index contributed by atoms with van der Waals surface area (Å²) < 4.78 is 1.64. The molecule has 5 nitrogen and oxygen atoms in total. The van der Waals surface area contributed by atoms with E-state index in [1.54, 1.807) is 23.0 Å². The highest BCUT2D eigenvalue weighted by Gasteiger charge is 2.07. The second-order valence-corrected chi connectivity index (χ2v) is 4.11. The van der Waals surface area contributed by atoms with Crippen LogP contribution < -0.4 is 0 Å². The first-order valence-electron chi connectivity index (χ1n) is 4.54. The average Bonchev–Trinajstić information content (AvgIpc) is 2.89.